The van der Waals surface area contributed by atoms with Crippen LogP contribution >= 0.6 is 11.8 Å². The van der Waals surface area contributed by atoms with E-state index in [0.29, 0.717) is 23.4 Å². The van der Waals surface area contributed by atoms with E-state index in [1.165, 1.54) is 49.9 Å². The molecule has 2 aromatic carbocycles. The number of methoxy groups -OCH3 is 2. The molecule has 43 heavy (non-hydrogen) atoms. The first kappa shape index (κ1) is 34.0. The van der Waals surface area contributed by atoms with Crippen molar-refractivity contribution in [1.82, 2.24) is 4.90 Å². The molecule has 1 heterocycles. The zero-order chi connectivity index (χ0) is 32.1. The normalized spacial score (nSPS) is 16.8. The maximum absolute atomic E-state index is 13.6. The second-order valence-corrected chi connectivity index (χ2v) is 10.3. The molecule has 2 amide bonds. The number of rotatable bonds is 9. The van der Waals surface area contributed by atoms with Gasteiger partial charge >= 0.3 is 24.5 Å². The topological polar surface area (TPSA) is 77.5 Å². The van der Waals surface area contributed by atoms with Gasteiger partial charge in [-0.1, -0.05) is 0 Å². The largest absolute Gasteiger partial charge is 0.493 e. The number of halogens is 6. The molecule has 2 atom stereocenters. The Morgan fingerprint density at radius 2 is 1.47 bits per heavy atom. The van der Waals surface area contributed by atoms with Crippen LogP contribution in [-0.4, -0.2) is 62.6 Å². The number of hydrogen-bond acceptors (Lipinski definition) is 7. The Bertz CT molecular complexity index is 1270. The summed E-state index contributed by atoms with van der Waals surface area (Å²) in [4.78, 5) is 29.0. The molecular formula is C28H32F6N2O6S. The second kappa shape index (κ2) is 13.9. The van der Waals surface area contributed by atoms with E-state index >= 15 is 0 Å². The molecule has 0 N–H and O–H groups in total. The van der Waals surface area contributed by atoms with Crippen LogP contribution in [0, 0.1) is 0 Å². The van der Waals surface area contributed by atoms with Gasteiger partial charge in [0.25, 0.3) is 0 Å². The van der Waals surface area contributed by atoms with Crippen molar-refractivity contribution < 1.29 is 54.9 Å². The van der Waals surface area contributed by atoms with Crippen molar-refractivity contribution in [3.05, 3.63) is 52.6 Å². The Morgan fingerprint density at radius 1 is 0.907 bits per heavy atom. The number of carbonyl (C=O) groups excluding carboxylic acids is 2. The summed E-state index contributed by atoms with van der Waals surface area (Å²) in [5.74, 6) is 0.830. The summed E-state index contributed by atoms with van der Waals surface area (Å²) in [6, 6.07) is 2.65. The van der Waals surface area contributed by atoms with E-state index in [4.69, 9.17) is 18.9 Å². The first-order chi connectivity index (χ1) is 20.2. The molecule has 15 heteroatoms. The maximum Gasteiger partial charge on any atom is 0.416 e. The van der Waals surface area contributed by atoms with E-state index in [-0.39, 0.29) is 42.9 Å². The predicted octanol–water partition coefficient (Wildman–Crippen LogP) is 7.54. The zero-order valence-electron chi connectivity index (χ0n) is 24.1. The Hall–Kier alpha value is -3.49. The van der Waals surface area contributed by atoms with Gasteiger partial charge in [0.1, 0.15) is 0 Å². The van der Waals surface area contributed by atoms with Crippen LogP contribution in [-0.2, 0) is 28.4 Å². The Kier molecular flexibility index (Phi) is 11.0. The SMILES string of the molecule is CCOC(=O)N(Cc1cc(C(F)(F)F)cc(C(F)(F)F)c1)C1CC(CSC)N(C(=O)OCC)c2cc(OC)c(OC)cc21. The summed E-state index contributed by atoms with van der Waals surface area (Å²) in [6.45, 7) is 2.45. The lowest BCUT2D eigenvalue weighted by Crippen LogP contribution is -2.50. The highest BCUT2D eigenvalue weighted by Gasteiger charge is 2.43. The standard InChI is InChI=1S/C28H32F6N2O6S/c1-6-41-25(37)35(14-16-8-17(27(29,30)31)10-18(9-16)28(32,33)34)21-11-19(15-43-5)36(26(38)42-7-2)22-13-24(40-4)23(39-3)12-20(21)22/h8-10,12-13,19,21H,6-7,11,14-15H2,1-5H3. The van der Waals surface area contributed by atoms with E-state index in [9.17, 15) is 35.9 Å². The third-order valence-electron chi connectivity index (χ3n) is 6.71. The first-order valence-electron chi connectivity index (χ1n) is 13.1. The quantitative estimate of drug-likeness (QED) is 0.263. The van der Waals surface area contributed by atoms with Gasteiger partial charge in [0.05, 0.1) is 56.3 Å². The summed E-state index contributed by atoms with van der Waals surface area (Å²) in [7, 11) is 2.75. The van der Waals surface area contributed by atoms with Crippen molar-refractivity contribution in [3.8, 4) is 11.5 Å². The molecule has 238 valence electrons. The molecule has 0 aromatic heterocycles. The van der Waals surface area contributed by atoms with Crippen molar-refractivity contribution >= 4 is 29.6 Å². The molecule has 0 bridgehead atoms. The smallest absolute Gasteiger partial charge is 0.416 e. The molecule has 0 aliphatic carbocycles. The van der Waals surface area contributed by atoms with Gasteiger partial charge in [0, 0.05) is 23.9 Å². The highest BCUT2D eigenvalue weighted by atomic mass is 32.2. The summed E-state index contributed by atoms with van der Waals surface area (Å²) in [6.07, 6.45) is -9.93. The number of hydrogen-bond donors (Lipinski definition) is 0. The molecule has 0 saturated heterocycles. The molecular weight excluding hydrogens is 606 g/mol. The molecule has 2 aromatic rings. The van der Waals surface area contributed by atoms with Gasteiger partial charge in [0.15, 0.2) is 11.5 Å². The number of amides is 2. The Morgan fingerprint density at radius 3 is 1.95 bits per heavy atom. The van der Waals surface area contributed by atoms with Crippen molar-refractivity contribution in [1.29, 1.82) is 0 Å². The second-order valence-electron chi connectivity index (χ2n) is 9.44. The van der Waals surface area contributed by atoms with Crippen LogP contribution in [0.15, 0.2) is 30.3 Å². The van der Waals surface area contributed by atoms with Crippen molar-refractivity contribution in [2.75, 3.05) is 44.3 Å². The van der Waals surface area contributed by atoms with E-state index in [1.54, 1.807) is 13.2 Å². The fourth-order valence-electron chi connectivity index (χ4n) is 4.93. The number of anilines is 1. The number of benzene rings is 2. The van der Waals surface area contributed by atoms with Crippen LogP contribution in [0.2, 0.25) is 0 Å². The lowest BCUT2D eigenvalue weighted by Gasteiger charge is -2.43. The van der Waals surface area contributed by atoms with Crippen LogP contribution in [0.3, 0.4) is 0 Å². The zero-order valence-corrected chi connectivity index (χ0v) is 24.9. The molecule has 0 saturated carbocycles. The first-order valence-corrected chi connectivity index (χ1v) is 14.5. The van der Waals surface area contributed by atoms with Crippen LogP contribution < -0.4 is 14.4 Å². The Labute approximate surface area is 249 Å². The van der Waals surface area contributed by atoms with Crippen molar-refractivity contribution in [2.24, 2.45) is 0 Å². The molecule has 0 radical (unpaired) electrons. The highest BCUT2D eigenvalue weighted by Crippen LogP contribution is 2.47. The number of nitrogens with zero attached hydrogens (tertiary/aromatic N) is 2. The van der Waals surface area contributed by atoms with Gasteiger partial charge in [0.2, 0.25) is 0 Å². The predicted molar refractivity (Wildman–Crippen MR) is 148 cm³/mol. The van der Waals surface area contributed by atoms with Gasteiger partial charge in [-0.3, -0.25) is 9.80 Å². The van der Waals surface area contributed by atoms with E-state index in [0.717, 1.165) is 4.90 Å². The number of alkyl halides is 6. The average Bonchev–Trinajstić information content (AvgIpc) is 2.94. The van der Waals surface area contributed by atoms with Gasteiger partial charge in [-0.05, 0) is 56.4 Å². The summed E-state index contributed by atoms with van der Waals surface area (Å²) in [5.41, 5.74) is -2.82. The minimum Gasteiger partial charge on any atom is -0.493 e. The monoisotopic (exact) mass is 638 g/mol. The molecule has 2 unspecified atom stereocenters. The van der Waals surface area contributed by atoms with Gasteiger partial charge in [-0.2, -0.15) is 38.1 Å². The van der Waals surface area contributed by atoms with Gasteiger partial charge in [-0.25, -0.2) is 9.59 Å². The van der Waals surface area contributed by atoms with Crippen LogP contribution in [0.4, 0.5) is 41.6 Å². The Balaban J connectivity index is 2.27. The lowest BCUT2D eigenvalue weighted by atomic mass is 9.89. The highest BCUT2D eigenvalue weighted by molar-refractivity contribution is 7.98. The lowest BCUT2D eigenvalue weighted by molar-refractivity contribution is -0.143. The fourth-order valence-corrected chi connectivity index (χ4v) is 5.60. The number of ether oxygens (including phenoxy) is 4. The van der Waals surface area contributed by atoms with Crippen LogP contribution in [0.5, 0.6) is 11.5 Å². The third kappa shape index (κ3) is 7.73. The van der Waals surface area contributed by atoms with Crippen molar-refractivity contribution in [3.63, 3.8) is 0 Å². The molecule has 8 nitrogen and oxygen atoms in total. The molecule has 0 fully saturated rings. The van der Waals surface area contributed by atoms with E-state index < -0.39 is 59.9 Å². The molecule has 0 spiro atoms. The minimum atomic E-state index is -5.07. The number of thioether (sulfide) groups is 1. The summed E-state index contributed by atoms with van der Waals surface area (Å²) < 4.78 is 103. The van der Waals surface area contributed by atoms with Crippen LogP contribution in [0.1, 0.15) is 48.6 Å². The molecule has 3 rings (SSSR count). The van der Waals surface area contributed by atoms with Gasteiger partial charge < -0.3 is 18.9 Å². The van der Waals surface area contributed by atoms with Crippen LogP contribution in [0.25, 0.3) is 0 Å². The number of fused-ring (bicyclic) bond motifs is 1. The molecule has 1 aliphatic heterocycles. The maximum atomic E-state index is 13.6. The summed E-state index contributed by atoms with van der Waals surface area (Å²) in [5, 5.41) is 0. The molecule has 1 aliphatic rings. The van der Waals surface area contributed by atoms with Crippen molar-refractivity contribution in [2.45, 2.75) is 51.2 Å². The average molecular weight is 639 g/mol. The van der Waals surface area contributed by atoms with E-state index in [2.05, 4.69) is 0 Å². The fraction of sp³-hybridized carbons (Fsp3) is 0.500. The van der Waals surface area contributed by atoms with E-state index in [1.807, 2.05) is 0 Å². The number of carbonyl (C=O) groups is 2. The minimum absolute atomic E-state index is 0.0248. The van der Waals surface area contributed by atoms with Gasteiger partial charge in [-0.15, -0.1) is 0 Å². The summed E-state index contributed by atoms with van der Waals surface area (Å²) >= 11 is 1.40. The third-order valence-corrected chi connectivity index (χ3v) is 7.43.